The zero-order valence-corrected chi connectivity index (χ0v) is 18.3. The van der Waals surface area contributed by atoms with Crippen molar-refractivity contribution < 1.29 is 9.90 Å². The summed E-state index contributed by atoms with van der Waals surface area (Å²) in [6, 6.07) is 19.1. The van der Waals surface area contributed by atoms with Gasteiger partial charge in [0.05, 0.1) is 0 Å². The van der Waals surface area contributed by atoms with Gasteiger partial charge in [-0.2, -0.15) is 0 Å². The molecule has 31 heavy (non-hydrogen) atoms. The zero-order chi connectivity index (χ0) is 22.1. The molecule has 0 fully saturated rings. The van der Waals surface area contributed by atoms with Gasteiger partial charge in [-0.1, -0.05) is 35.9 Å². The quantitative estimate of drug-likeness (QED) is 0.278. The van der Waals surface area contributed by atoms with Gasteiger partial charge >= 0.3 is 5.97 Å². The van der Waals surface area contributed by atoms with Crippen molar-refractivity contribution in [3.63, 3.8) is 0 Å². The van der Waals surface area contributed by atoms with E-state index in [4.69, 9.17) is 28.9 Å². The number of carboxylic acids is 1. The number of anilines is 2. The molecule has 1 heterocycles. The highest BCUT2D eigenvalue weighted by atomic mass is 35.5. The van der Waals surface area contributed by atoms with E-state index in [1.807, 2.05) is 48.5 Å². The molecule has 0 aliphatic rings. The van der Waals surface area contributed by atoms with E-state index in [0.717, 1.165) is 28.1 Å². The number of benzene rings is 2. The van der Waals surface area contributed by atoms with Gasteiger partial charge in [-0.15, -0.1) is 0 Å². The second-order valence-electron chi connectivity index (χ2n) is 6.81. The molecule has 0 aliphatic carbocycles. The Morgan fingerprint density at radius 1 is 1.03 bits per heavy atom. The number of nitrogens with zero attached hydrogens (tertiary/aromatic N) is 1. The fourth-order valence-electron chi connectivity index (χ4n) is 3.02. The first kappa shape index (κ1) is 22.5. The van der Waals surface area contributed by atoms with Crippen molar-refractivity contribution in [1.82, 2.24) is 4.98 Å². The molecule has 0 atom stereocenters. The van der Waals surface area contributed by atoms with E-state index in [1.165, 1.54) is 0 Å². The van der Waals surface area contributed by atoms with Gasteiger partial charge in [-0.05, 0) is 78.7 Å². The minimum atomic E-state index is -0.788. The first-order valence-corrected chi connectivity index (χ1v) is 10.6. The van der Waals surface area contributed by atoms with Crippen LogP contribution in [0, 0.1) is 0 Å². The van der Waals surface area contributed by atoms with E-state index < -0.39 is 5.97 Å². The minimum Gasteiger partial charge on any atom is -0.481 e. The van der Waals surface area contributed by atoms with Crippen LogP contribution in [0.2, 0.25) is 5.02 Å². The minimum absolute atomic E-state index is 0.142. The third-order valence-electron chi connectivity index (χ3n) is 4.45. The Kier molecular flexibility index (Phi) is 8.15. The molecule has 5 nitrogen and oxygen atoms in total. The summed E-state index contributed by atoms with van der Waals surface area (Å²) in [5.74, 6) is -0.788. The van der Waals surface area contributed by atoms with Gasteiger partial charge in [0, 0.05) is 40.8 Å². The Bertz CT molecular complexity index is 1070. The number of unbranched alkanes of at least 4 members (excludes halogenated alkanes) is 1. The lowest BCUT2D eigenvalue weighted by molar-refractivity contribution is -0.137. The molecule has 0 saturated carbocycles. The second kappa shape index (κ2) is 11.2. The molecular formula is C24H22ClN3O2S. The Labute approximate surface area is 191 Å². The van der Waals surface area contributed by atoms with Crippen LogP contribution in [0.3, 0.4) is 0 Å². The van der Waals surface area contributed by atoms with Crippen molar-refractivity contribution in [2.24, 2.45) is 0 Å². The lowest BCUT2D eigenvalue weighted by atomic mass is 9.97. The molecule has 0 radical (unpaired) electrons. The van der Waals surface area contributed by atoms with Crippen LogP contribution < -0.4 is 10.6 Å². The molecule has 3 N–H and O–H groups in total. The summed E-state index contributed by atoms with van der Waals surface area (Å²) in [6.07, 6.45) is 6.96. The molecule has 0 unspecified atom stereocenters. The molecule has 0 amide bonds. The number of pyridine rings is 1. The number of hydrogen-bond acceptors (Lipinski definition) is 3. The van der Waals surface area contributed by atoms with Crippen molar-refractivity contribution in [2.75, 3.05) is 10.6 Å². The number of aromatic nitrogens is 1. The molecule has 0 saturated heterocycles. The highest BCUT2D eigenvalue weighted by Crippen LogP contribution is 2.26. The average Bonchev–Trinajstić information content (AvgIpc) is 2.76. The normalized spacial score (nSPS) is 11.1. The van der Waals surface area contributed by atoms with E-state index in [2.05, 4.69) is 21.7 Å². The number of nitrogens with one attached hydrogen (secondary N) is 2. The summed E-state index contributed by atoms with van der Waals surface area (Å²) in [5.41, 5.74) is 4.63. The van der Waals surface area contributed by atoms with Crippen LogP contribution in [-0.4, -0.2) is 21.2 Å². The third kappa shape index (κ3) is 7.20. The zero-order valence-electron chi connectivity index (χ0n) is 16.7. The van der Waals surface area contributed by atoms with Crippen LogP contribution in [0.4, 0.5) is 11.4 Å². The number of thiocarbonyl (C=S) groups is 1. The number of hydrogen-bond donors (Lipinski definition) is 3. The van der Waals surface area contributed by atoms with E-state index in [0.29, 0.717) is 23.0 Å². The highest BCUT2D eigenvalue weighted by Gasteiger charge is 2.08. The molecule has 3 aromatic rings. The second-order valence-corrected chi connectivity index (χ2v) is 7.66. The van der Waals surface area contributed by atoms with Crippen molar-refractivity contribution in [3.8, 4) is 0 Å². The average molecular weight is 452 g/mol. The molecule has 1 aromatic heterocycles. The van der Waals surface area contributed by atoms with Gasteiger partial charge in [0.1, 0.15) is 0 Å². The molecule has 0 bridgehead atoms. The Morgan fingerprint density at radius 2 is 1.77 bits per heavy atom. The summed E-state index contributed by atoms with van der Waals surface area (Å²) in [6.45, 7) is 0. The van der Waals surface area contributed by atoms with Gasteiger partial charge in [0.2, 0.25) is 0 Å². The monoisotopic (exact) mass is 451 g/mol. The lowest BCUT2D eigenvalue weighted by Gasteiger charge is -2.13. The van der Waals surface area contributed by atoms with E-state index in [-0.39, 0.29) is 6.42 Å². The van der Waals surface area contributed by atoms with E-state index in [9.17, 15) is 4.79 Å². The van der Waals surface area contributed by atoms with Gasteiger partial charge in [0.25, 0.3) is 0 Å². The summed E-state index contributed by atoms with van der Waals surface area (Å²) < 4.78 is 0. The number of halogens is 1. The van der Waals surface area contributed by atoms with Gasteiger partial charge in [0.15, 0.2) is 5.11 Å². The van der Waals surface area contributed by atoms with E-state index in [1.54, 1.807) is 24.5 Å². The van der Waals surface area contributed by atoms with E-state index >= 15 is 0 Å². The predicted octanol–water partition coefficient (Wildman–Crippen LogP) is 6.23. The molecule has 7 heteroatoms. The summed E-state index contributed by atoms with van der Waals surface area (Å²) >= 11 is 11.3. The van der Waals surface area contributed by atoms with Crippen molar-refractivity contribution in [1.29, 1.82) is 0 Å². The molecule has 158 valence electrons. The van der Waals surface area contributed by atoms with Crippen molar-refractivity contribution in [2.45, 2.75) is 19.3 Å². The van der Waals surface area contributed by atoms with Crippen LogP contribution in [0.1, 0.15) is 30.4 Å². The van der Waals surface area contributed by atoms with Crippen molar-refractivity contribution >= 4 is 51.8 Å². The Morgan fingerprint density at radius 3 is 2.48 bits per heavy atom. The van der Waals surface area contributed by atoms with Crippen molar-refractivity contribution in [3.05, 3.63) is 95.3 Å². The smallest absolute Gasteiger partial charge is 0.303 e. The van der Waals surface area contributed by atoms with Crippen LogP contribution in [-0.2, 0) is 4.79 Å². The predicted molar refractivity (Wildman–Crippen MR) is 131 cm³/mol. The number of allylic oxidation sites excluding steroid dienone is 1. The highest BCUT2D eigenvalue weighted by molar-refractivity contribution is 7.80. The van der Waals surface area contributed by atoms with Gasteiger partial charge in [-0.3, -0.25) is 9.78 Å². The maximum Gasteiger partial charge on any atom is 0.303 e. The van der Waals surface area contributed by atoms with Crippen LogP contribution in [0.15, 0.2) is 79.1 Å². The first-order chi connectivity index (χ1) is 15.0. The topological polar surface area (TPSA) is 74.2 Å². The molecule has 0 aliphatic heterocycles. The number of rotatable bonds is 8. The number of carbonyl (C=O) groups is 1. The maximum absolute atomic E-state index is 10.8. The summed E-state index contributed by atoms with van der Waals surface area (Å²) in [7, 11) is 0. The fourth-order valence-corrected chi connectivity index (χ4v) is 3.38. The fraction of sp³-hybridized carbons (Fsp3) is 0.125. The number of aliphatic carboxylic acids is 1. The summed E-state index contributed by atoms with van der Waals surface area (Å²) in [4.78, 5) is 15.0. The van der Waals surface area contributed by atoms with Crippen LogP contribution in [0.25, 0.3) is 5.57 Å². The molecular weight excluding hydrogens is 430 g/mol. The van der Waals surface area contributed by atoms with Gasteiger partial charge in [-0.25, -0.2) is 0 Å². The van der Waals surface area contributed by atoms with Crippen LogP contribution in [0.5, 0.6) is 0 Å². The maximum atomic E-state index is 10.8. The molecule has 2 aromatic carbocycles. The third-order valence-corrected chi connectivity index (χ3v) is 4.91. The molecule has 3 rings (SSSR count). The first-order valence-electron chi connectivity index (χ1n) is 9.77. The molecule has 0 spiro atoms. The number of carboxylic acid groups (broad SMARTS) is 1. The SMILES string of the molecule is O=C(O)CCC/C=C(/c1cccnc1)c1cccc(NC(=S)Nc2ccc(Cl)cc2)c1. The standard InChI is InChI=1S/C24H22ClN3O2S/c25-19-10-12-20(13-11-19)27-24(31)28-21-7-3-5-17(15-21)22(8-1-2-9-23(29)30)18-6-4-14-26-16-18/h3-8,10-16H,1-2,9H2,(H,29,30)(H2,27,28,31)/b22-8+. The Balaban J connectivity index is 1.76. The van der Waals surface area contributed by atoms with Crippen LogP contribution >= 0.6 is 23.8 Å². The largest absolute Gasteiger partial charge is 0.481 e. The lowest BCUT2D eigenvalue weighted by Crippen LogP contribution is -2.19. The summed E-state index contributed by atoms with van der Waals surface area (Å²) in [5, 5.41) is 16.3. The van der Waals surface area contributed by atoms with Gasteiger partial charge < -0.3 is 15.7 Å². The Hall–Kier alpha value is -3.22.